The monoisotopic (exact) mass is 439 g/mol. The maximum absolute atomic E-state index is 12.1. The number of hydrogen-bond donors (Lipinski definition) is 1. The number of halogens is 1. The molecule has 1 N–H and O–H groups in total. The summed E-state index contributed by atoms with van der Waals surface area (Å²) in [7, 11) is 0. The molecule has 0 bridgehead atoms. The van der Waals surface area contributed by atoms with E-state index in [0.29, 0.717) is 27.8 Å². The molecule has 1 amide bonds. The van der Waals surface area contributed by atoms with Crippen LogP contribution < -0.4 is 10.1 Å². The molecule has 4 rings (SSSR count). The van der Waals surface area contributed by atoms with E-state index in [1.165, 1.54) is 0 Å². The standard InChI is InChI=1S/C19H14BrN5O3/c1-12-21-10-11-25(12)17-8-9-18(24-23-17)27-14-4-2-13(3-5-14)22-19(26)15-6-7-16(20)28-15/h2-11H,1H3,(H,22,26). The number of nitrogens with zero attached hydrogens (tertiary/aromatic N) is 4. The van der Waals surface area contributed by atoms with Crippen molar-refractivity contribution in [1.82, 2.24) is 19.7 Å². The average Bonchev–Trinajstić information content (AvgIpc) is 3.32. The maximum atomic E-state index is 12.1. The summed E-state index contributed by atoms with van der Waals surface area (Å²) in [5.41, 5.74) is 0.613. The van der Waals surface area contributed by atoms with Gasteiger partial charge < -0.3 is 14.5 Å². The van der Waals surface area contributed by atoms with Gasteiger partial charge in [0.25, 0.3) is 5.91 Å². The predicted octanol–water partition coefficient (Wildman–Crippen LogP) is 4.37. The smallest absolute Gasteiger partial charge is 0.291 e. The molecule has 8 nitrogen and oxygen atoms in total. The fraction of sp³-hybridized carbons (Fsp3) is 0.0526. The highest BCUT2D eigenvalue weighted by Crippen LogP contribution is 2.22. The summed E-state index contributed by atoms with van der Waals surface area (Å²) in [6.07, 6.45) is 3.51. The second-order valence-electron chi connectivity index (χ2n) is 5.76. The van der Waals surface area contributed by atoms with Crippen LogP contribution in [0.15, 0.2) is 70.0 Å². The minimum Gasteiger partial charge on any atom is -0.444 e. The summed E-state index contributed by atoms with van der Waals surface area (Å²) in [4.78, 5) is 16.2. The van der Waals surface area contributed by atoms with Crippen LogP contribution in [-0.4, -0.2) is 25.7 Å². The van der Waals surface area contributed by atoms with Crippen LogP contribution in [0.5, 0.6) is 11.6 Å². The number of aromatic nitrogens is 4. The summed E-state index contributed by atoms with van der Waals surface area (Å²) in [6.45, 7) is 1.89. The summed E-state index contributed by atoms with van der Waals surface area (Å²) in [6, 6.07) is 13.7. The van der Waals surface area contributed by atoms with E-state index in [1.54, 1.807) is 54.7 Å². The van der Waals surface area contributed by atoms with Gasteiger partial charge in [-0.05, 0) is 65.3 Å². The SMILES string of the molecule is Cc1nccn1-c1ccc(Oc2ccc(NC(=O)c3ccc(Br)o3)cc2)nn1. The van der Waals surface area contributed by atoms with Crippen LogP contribution in [0.4, 0.5) is 5.69 Å². The number of hydrogen-bond acceptors (Lipinski definition) is 6. The second kappa shape index (κ2) is 7.65. The van der Waals surface area contributed by atoms with E-state index in [9.17, 15) is 4.79 Å². The minimum absolute atomic E-state index is 0.218. The third-order valence-corrected chi connectivity index (χ3v) is 4.26. The number of rotatable bonds is 5. The third-order valence-electron chi connectivity index (χ3n) is 3.83. The van der Waals surface area contributed by atoms with E-state index in [2.05, 4.69) is 36.4 Å². The van der Waals surface area contributed by atoms with Crippen LogP contribution in [0.1, 0.15) is 16.4 Å². The number of carbonyl (C=O) groups is 1. The Hall–Kier alpha value is -3.46. The van der Waals surface area contributed by atoms with Crippen molar-refractivity contribution in [2.24, 2.45) is 0 Å². The fourth-order valence-corrected chi connectivity index (χ4v) is 2.78. The van der Waals surface area contributed by atoms with Crippen LogP contribution >= 0.6 is 15.9 Å². The molecule has 0 unspecified atom stereocenters. The molecule has 0 aliphatic carbocycles. The van der Waals surface area contributed by atoms with E-state index in [4.69, 9.17) is 9.15 Å². The molecule has 140 valence electrons. The molecule has 0 aliphatic heterocycles. The molecule has 0 saturated heterocycles. The van der Waals surface area contributed by atoms with E-state index in [0.717, 1.165) is 5.82 Å². The largest absolute Gasteiger partial charge is 0.444 e. The molecule has 0 spiro atoms. The normalized spacial score (nSPS) is 10.6. The van der Waals surface area contributed by atoms with Crippen molar-refractivity contribution < 1.29 is 13.9 Å². The van der Waals surface area contributed by atoms with Crippen molar-refractivity contribution in [2.75, 3.05) is 5.32 Å². The van der Waals surface area contributed by atoms with Crippen LogP contribution in [-0.2, 0) is 0 Å². The van der Waals surface area contributed by atoms with Crippen molar-refractivity contribution in [1.29, 1.82) is 0 Å². The van der Waals surface area contributed by atoms with Gasteiger partial charge >= 0.3 is 0 Å². The van der Waals surface area contributed by atoms with Gasteiger partial charge in [-0.15, -0.1) is 10.2 Å². The molecular formula is C19H14BrN5O3. The van der Waals surface area contributed by atoms with Crippen LogP contribution in [0.2, 0.25) is 0 Å². The molecule has 0 aliphatic rings. The molecule has 0 atom stereocenters. The van der Waals surface area contributed by atoms with E-state index < -0.39 is 0 Å². The molecule has 0 radical (unpaired) electrons. The number of carbonyl (C=O) groups excluding carboxylic acids is 1. The lowest BCUT2D eigenvalue weighted by atomic mass is 10.3. The van der Waals surface area contributed by atoms with Crippen molar-refractivity contribution in [3.63, 3.8) is 0 Å². The maximum Gasteiger partial charge on any atom is 0.291 e. The molecule has 3 heterocycles. The first kappa shape index (κ1) is 17.9. The number of aryl methyl sites for hydroxylation is 1. The van der Waals surface area contributed by atoms with Crippen LogP contribution in [0.25, 0.3) is 5.82 Å². The molecule has 4 aromatic rings. The van der Waals surface area contributed by atoms with Crippen molar-refractivity contribution in [3.8, 4) is 17.4 Å². The van der Waals surface area contributed by atoms with Gasteiger partial charge in [-0.25, -0.2) is 4.98 Å². The van der Waals surface area contributed by atoms with Gasteiger partial charge in [0.2, 0.25) is 5.88 Å². The molecule has 9 heteroatoms. The Bertz CT molecular complexity index is 1100. The van der Waals surface area contributed by atoms with Crippen molar-refractivity contribution in [2.45, 2.75) is 6.92 Å². The number of furan rings is 1. The highest BCUT2D eigenvalue weighted by atomic mass is 79.9. The van der Waals surface area contributed by atoms with Gasteiger partial charge in [-0.2, -0.15) is 0 Å². The average molecular weight is 440 g/mol. The Morgan fingerprint density at radius 3 is 2.54 bits per heavy atom. The number of nitrogens with one attached hydrogen (secondary N) is 1. The minimum atomic E-state index is -0.337. The molecular weight excluding hydrogens is 426 g/mol. The molecule has 28 heavy (non-hydrogen) atoms. The summed E-state index contributed by atoms with van der Waals surface area (Å²) in [5.74, 6) is 2.29. The van der Waals surface area contributed by atoms with Gasteiger partial charge in [0, 0.05) is 24.1 Å². The Kier molecular flexibility index (Phi) is 4.90. The number of imidazole rings is 1. The number of ether oxygens (including phenoxy) is 1. The van der Waals surface area contributed by atoms with Gasteiger partial charge in [0.05, 0.1) is 0 Å². The predicted molar refractivity (Wildman–Crippen MR) is 105 cm³/mol. The quantitative estimate of drug-likeness (QED) is 0.495. The first-order valence-corrected chi connectivity index (χ1v) is 9.06. The molecule has 1 aromatic carbocycles. The Morgan fingerprint density at radius 1 is 1.11 bits per heavy atom. The van der Waals surface area contributed by atoms with Gasteiger partial charge in [0.1, 0.15) is 11.6 Å². The summed E-state index contributed by atoms with van der Waals surface area (Å²) < 4.78 is 13.2. The zero-order valence-electron chi connectivity index (χ0n) is 14.7. The second-order valence-corrected chi connectivity index (χ2v) is 6.54. The van der Waals surface area contributed by atoms with E-state index in [1.807, 2.05) is 17.7 Å². The number of anilines is 1. The Morgan fingerprint density at radius 2 is 1.93 bits per heavy atom. The summed E-state index contributed by atoms with van der Waals surface area (Å²) >= 11 is 3.17. The Labute approximate surface area is 168 Å². The lowest BCUT2D eigenvalue weighted by Crippen LogP contribution is -2.10. The van der Waals surface area contributed by atoms with Crippen molar-refractivity contribution >= 4 is 27.5 Å². The van der Waals surface area contributed by atoms with E-state index >= 15 is 0 Å². The lowest BCUT2D eigenvalue weighted by Gasteiger charge is -2.07. The third kappa shape index (κ3) is 3.94. The van der Waals surface area contributed by atoms with E-state index in [-0.39, 0.29) is 11.7 Å². The zero-order chi connectivity index (χ0) is 19.5. The highest BCUT2D eigenvalue weighted by Gasteiger charge is 2.11. The number of benzene rings is 1. The molecule has 0 saturated carbocycles. The Balaban J connectivity index is 1.40. The van der Waals surface area contributed by atoms with Crippen LogP contribution in [0.3, 0.4) is 0 Å². The van der Waals surface area contributed by atoms with Gasteiger partial charge in [0.15, 0.2) is 16.2 Å². The lowest BCUT2D eigenvalue weighted by molar-refractivity contribution is 0.0995. The van der Waals surface area contributed by atoms with Crippen LogP contribution in [0, 0.1) is 6.92 Å². The first-order valence-electron chi connectivity index (χ1n) is 8.27. The fourth-order valence-electron chi connectivity index (χ4n) is 2.47. The van der Waals surface area contributed by atoms with Crippen molar-refractivity contribution in [3.05, 3.63) is 77.2 Å². The first-order chi connectivity index (χ1) is 13.6. The molecule has 3 aromatic heterocycles. The molecule has 0 fully saturated rings. The summed E-state index contributed by atoms with van der Waals surface area (Å²) in [5, 5.41) is 11.0. The zero-order valence-corrected chi connectivity index (χ0v) is 16.3. The number of amides is 1. The highest BCUT2D eigenvalue weighted by molar-refractivity contribution is 9.10. The topological polar surface area (TPSA) is 95.1 Å². The van der Waals surface area contributed by atoms with Gasteiger partial charge in [-0.3, -0.25) is 9.36 Å². The van der Waals surface area contributed by atoms with Gasteiger partial charge in [-0.1, -0.05) is 0 Å².